The monoisotopic (exact) mass is 302 g/mol. The van der Waals surface area contributed by atoms with Crippen molar-refractivity contribution < 1.29 is 0 Å². The van der Waals surface area contributed by atoms with Gasteiger partial charge in [0, 0.05) is 0 Å². The molecule has 0 aromatic heterocycles. The molecule has 0 aromatic carbocycles. The van der Waals surface area contributed by atoms with Gasteiger partial charge in [0.2, 0.25) is 0 Å². The molecule has 4 aliphatic rings. The van der Waals surface area contributed by atoms with E-state index in [1.165, 1.54) is 31.2 Å². The standard InChI is InChI=1S/C20H34Si/c1-21(2,19-13-11-15-7-3-5-9-17(15)19)20-14-12-16-8-4-6-10-18(16)20/h3,7,15-20H,4-6,8-14H2,1-2H3. The fourth-order valence-electron chi connectivity index (χ4n) is 7.17. The van der Waals surface area contributed by atoms with Gasteiger partial charge in [0.25, 0.3) is 0 Å². The van der Waals surface area contributed by atoms with Gasteiger partial charge >= 0.3 is 0 Å². The first-order chi connectivity index (χ1) is 10.2. The maximum absolute atomic E-state index is 2.81. The molecule has 3 saturated carbocycles. The van der Waals surface area contributed by atoms with Gasteiger partial charge in [0.15, 0.2) is 0 Å². The number of rotatable bonds is 2. The second-order valence-corrected chi connectivity index (χ2v) is 14.4. The molecule has 6 unspecified atom stereocenters. The fraction of sp³-hybridized carbons (Fsp3) is 0.900. The van der Waals surface area contributed by atoms with Gasteiger partial charge in [-0.15, -0.1) is 0 Å². The third-order valence-corrected chi connectivity index (χ3v) is 13.4. The summed E-state index contributed by atoms with van der Waals surface area (Å²) in [5, 5.41) is 0. The van der Waals surface area contributed by atoms with E-state index in [4.69, 9.17) is 0 Å². The van der Waals surface area contributed by atoms with Crippen molar-refractivity contribution in [2.24, 2.45) is 23.7 Å². The molecule has 0 heterocycles. The molecule has 0 nitrogen and oxygen atoms in total. The van der Waals surface area contributed by atoms with Crippen LogP contribution in [0, 0.1) is 23.7 Å². The molecule has 0 spiro atoms. The molecule has 4 rings (SSSR count). The Balaban J connectivity index is 1.54. The lowest BCUT2D eigenvalue weighted by molar-refractivity contribution is 0.273. The Morgan fingerprint density at radius 1 is 0.762 bits per heavy atom. The molecule has 0 N–H and O–H groups in total. The largest absolute Gasteiger partial charge is 0.0882 e. The highest BCUT2D eigenvalue weighted by molar-refractivity contribution is 6.80. The molecule has 0 amide bonds. The minimum absolute atomic E-state index is 0.971. The Morgan fingerprint density at radius 2 is 1.52 bits per heavy atom. The first kappa shape index (κ1) is 14.5. The highest BCUT2D eigenvalue weighted by Gasteiger charge is 2.52. The molecular formula is C20H34Si. The van der Waals surface area contributed by atoms with Crippen molar-refractivity contribution in [3.63, 3.8) is 0 Å². The molecule has 0 radical (unpaired) electrons. The number of allylic oxidation sites excluding steroid dienone is 2. The summed E-state index contributed by atoms with van der Waals surface area (Å²) in [4.78, 5) is 0. The van der Waals surface area contributed by atoms with Crippen LogP contribution in [0.1, 0.15) is 64.2 Å². The minimum atomic E-state index is -1.09. The van der Waals surface area contributed by atoms with Crippen LogP contribution in [-0.2, 0) is 0 Å². The van der Waals surface area contributed by atoms with Crippen LogP contribution in [0.3, 0.4) is 0 Å². The Kier molecular flexibility index (Phi) is 3.84. The average Bonchev–Trinajstić information content (AvgIpc) is 3.12. The van der Waals surface area contributed by atoms with Crippen LogP contribution in [0.15, 0.2) is 12.2 Å². The second kappa shape index (κ2) is 5.55. The zero-order chi connectivity index (χ0) is 14.4. The van der Waals surface area contributed by atoms with Crippen LogP contribution in [0.2, 0.25) is 24.2 Å². The van der Waals surface area contributed by atoms with Gasteiger partial charge in [-0.25, -0.2) is 0 Å². The molecule has 1 heteroatoms. The summed E-state index contributed by atoms with van der Waals surface area (Å²) in [6.07, 6.45) is 20.5. The van der Waals surface area contributed by atoms with E-state index in [1.54, 1.807) is 38.5 Å². The van der Waals surface area contributed by atoms with Crippen LogP contribution < -0.4 is 0 Å². The van der Waals surface area contributed by atoms with Crippen molar-refractivity contribution in [1.29, 1.82) is 0 Å². The van der Waals surface area contributed by atoms with E-state index in [9.17, 15) is 0 Å². The predicted octanol–water partition coefficient (Wildman–Crippen LogP) is 6.41. The normalized spacial score (nSPS) is 46.4. The van der Waals surface area contributed by atoms with Crippen molar-refractivity contribution in [2.75, 3.05) is 0 Å². The van der Waals surface area contributed by atoms with E-state index in [0.29, 0.717) is 0 Å². The average molecular weight is 303 g/mol. The first-order valence-corrected chi connectivity index (χ1v) is 13.0. The van der Waals surface area contributed by atoms with Crippen LogP contribution >= 0.6 is 0 Å². The number of fused-ring (bicyclic) bond motifs is 2. The van der Waals surface area contributed by atoms with Gasteiger partial charge in [-0.05, 0) is 54.0 Å². The van der Waals surface area contributed by atoms with E-state index >= 15 is 0 Å². The molecule has 0 aliphatic heterocycles. The molecule has 21 heavy (non-hydrogen) atoms. The van der Waals surface area contributed by atoms with Crippen molar-refractivity contribution in [1.82, 2.24) is 0 Å². The Bertz CT molecular complexity index is 410. The fourth-order valence-corrected chi connectivity index (χ4v) is 12.6. The molecule has 0 bridgehead atoms. The van der Waals surface area contributed by atoms with Gasteiger partial charge < -0.3 is 0 Å². The van der Waals surface area contributed by atoms with Crippen molar-refractivity contribution in [2.45, 2.75) is 88.4 Å². The van der Waals surface area contributed by atoms with Gasteiger partial charge in [-0.1, -0.05) is 70.2 Å². The summed E-state index contributed by atoms with van der Waals surface area (Å²) < 4.78 is 0. The molecule has 0 aromatic rings. The predicted molar refractivity (Wildman–Crippen MR) is 94.3 cm³/mol. The van der Waals surface area contributed by atoms with E-state index in [-0.39, 0.29) is 0 Å². The summed E-state index contributed by atoms with van der Waals surface area (Å²) in [5.74, 6) is 4.34. The third-order valence-electron chi connectivity index (χ3n) is 8.17. The molecule has 3 fully saturated rings. The van der Waals surface area contributed by atoms with E-state index in [0.717, 1.165) is 29.2 Å². The Morgan fingerprint density at radius 3 is 2.43 bits per heavy atom. The van der Waals surface area contributed by atoms with Crippen molar-refractivity contribution in [3.05, 3.63) is 12.2 Å². The molecule has 118 valence electrons. The highest BCUT2D eigenvalue weighted by atomic mass is 28.3. The smallest absolute Gasteiger partial charge is 0.0541 e. The van der Waals surface area contributed by atoms with Crippen LogP contribution in [-0.4, -0.2) is 8.07 Å². The van der Waals surface area contributed by atoms with E-state index < -0.39 is 8.07 Å². The van der Waals surface area contributed by atoms with Gasteiger partial charge in [-0.3, -0.25) is 0 Å². The van der Waals surface area contributed by atoms with Crippen LogP contribution in [0.25, 0.3) is 0 Å². The highest BCUT2D eigenvalue weighted by Crippen LogP contribution is 2.60. The van der Waals surface area contributed by atoms with Crippen molar-refractivity contribution >= 4 is 8.07 Å². The minimum Gasteiger partial charge on any atom is -0.0882 e. The van der Waals surface area contributed by atoms with Crippen molar-refractivity contribution in [3.8, 4) is 0 Å². The zero-order valence-electron chi connectivity index (χ0n) is 14.2. The molecule has 6 atom stereocenters. The lowest BCUT2D eigenvalue weighted by Crippen LogP contribution is -2.43. The first-order valence-electron chi connectivity index (χ1n) is 9.84. The van der Waals surface area contributed by atoms with Crippen LogP contribution in [0.5, 0.6) is 0 Å². The molecular weight excluding hydrogens is 268 g/mol. The lowest BCUT2D eigenvalue weighted by atomic mass is 9.82. The lowest BCUT2D eigenvalue weighted by Gasteiger charge is -2.44. The summed E-state index contributed by atoms with van der Waals surface area (Å²) in [5.41, 5.74) is 2.33. The van der Waals surface area contributed by atoms with Crippen LogP contribution in [0.4, 0.5) is 0 Å². The Labute approximate surface area is 132 Å². The third kappa shape index (κ3) is 2.38. The summed E-state index contributed by atoms with van der Waals surface area (Å²) >= 11 is 0. The maximum atomic E-state index is 2.81. The maximum Gasteiger partial charge on any atom is 0.0541 e. The summed E-state index contributed by atoms with van der Waals surface area (Å²) in [6, 6.07) is 0. The molecule has 0 saturated heterocycles. The van der Waals surface area contributed by atoms with Gasteiger partial charge in [-0.2, -0.15) is 0 Å². The topological polar surface area (TPSA) is 0 Å². The van der Waals surface area contributed by atoms with E-state index in [1.807, 2.05) is 0 Å². The number of hydrogen-bond acceptors (Lipinski definition) is 0. The Hall–Kier alpha value is -0.0431. The second-order valence-electron chi connectivity index (χ2n) is 9.23. The van der Waals surface area contributed by atoms with Gasteiger partial charge in [0.1, 0.15) is 0 Å². The number of hydrogen-bond donors (Lipinski definition) is 0. The summed E-state index contributed by atoms with van der Waals surface area (Å²) in [7, 11) is -1.09. The SMILES string of the molecule is C[Si](C)(C1CCC2C=CCCC21)C1CCC2CCCCC21. The van der Waals surface area contributed by atoms with E-state index in [2.05, 4.69) is 25.2 Å². The van der Waals surface area contributed by atoms with Gasteiger partial charge in [0.05, 0.1) is 8.07 Å². The molecule has 4 aliphatic carbocycles. The quantitative estimate of drug-likeness (QED) is 0.408. The zero-order valence-corrected chi connectivity index (χ0v) is 15.2. The summed E-state index contributed by atoms with van der Waals surface area (Å²) in [6.45, 7) is 5.61.